The quantitative estimate of drug-likeness (QED) is 0.367. The molecule has 7 nitrogen and oxygen atoms in total. The summed E-state index contributed by atoms with van der Waals surface area (Å²) >= 11 is 3.30. The molecule has 1 aliphatic heterocycles. The normalized spacial score (nSPS) is 22.6. The molecule has 0 aliphatic carbocycles. The number of anilines is 1. The molecule has 2 heterocycles. The zero-order chi connectivity index (χ0) is 13.0. The lowest BCUT2D eigenvalue weighted by atomic mass is 10.3. The molecule has 1 aromatic heterocycles. The smallest absolute Gasteiger partial charge is 0.188 e. The Bertz CT molecular complexity index is 474. The molecular weight excluding hydrogens is 302 g/mol. The number of ether oxygens (including phenoxy) is 1. The number of nitrogens with zero attached hydrogens (tertiary/aromatic N) is 5. The van der Waals surface area contributed by atoms with Crippen LogP contribution in [0.3, 0.4) is 0 Å². The van der Waals surface area contributed by atoms with Gasteiger partial charge in [-0.05, 0) is 33.6 Å². The second-order valence-electron chi connectivity index (χ2n) is 3.69. The van der Waals surface area contributed by atoms with Crippen molar-refractivity contribution in [1.29, 1.82) is 0 Å². The summed E-state index contributed by atoms with van der Waals surface area (Å²) in [5.41, 5.74) is 8.27. The van der Waals surface area contributed by atoms with E-state index in [1.165, 1.54) is 0 Å². The van der Waals surface area contributed by atoms with Crippen LogP contribution in [0.1, 0.15) is 0 Å². The highest BCUT2D eigenvalue weighted by Crippen LogP contribution is 2.23. The molecule has 0 radical (unpaired) electrons. The Labute approximate surface area is 112 Å². The molecule has 0 amide bonds. The van der Waals surface area contributed by atoms with Gasteiger partial charge in [-0.25, -0.2) is 4.98 Å². The first-order valence-corrected chi connectivity index (χ1v) is 6.03. The van der Waals surface area contributed by atoms with Gasteiger partial charge >= 0.3 is 0 Å². The number of rotatable bonds is 4. The van der Waals surface area contributed by atoms with Crippen molar-refractivity contribution in [1.82, 2.24) is 4.98 Å². The van der Waals surface area contributed by atoms with Gasteiger partial charge < -0.3 is 9.64 Å². The van der Waals surface area contributed by atoms with Gasteiger partial charge in [0.25, 0.3) is 0 Å². The Morgan fingerprint density at radius 3 is 3.17 bits per heavy atom. The van der Waals surface area contributed by atoms with E-state index in [1.54, 1.807) is 17.2 Å². The largest absolute Gasteiger partial charge is 0.346 e. The van der Waals surface area contributed by atoms with E-state index in [4.69, 9.17) is 10.3 Å². The van der Waals surface area contributed by atoms with Crippen molar-refractivity contribution >= 4 is 28.0 Å². The number of carbonyl (C=O) groups excluding carboxylic acids is 1. The number of halogens is 1. The standard InChI is InChI=1S/C10H10BrN5O2/c11-7-1-2-9(13-3-7)16-5-8(4-14-15-12)18-10(16)6-17/h1-3,6,8,10H,4-5H2. The topological polar surface area (TPSA) is 91.2 Å². The van der Waals surface area contributed by atoms with Crippen LogP contribution in [0.2, 0.25) is 0 Å². The number of aldehydes is 1. The molecule has 0 aromatic carbocycles. The van der Waals surface area contributed by atoms with Crippen LogP contribution in [0.4, 0.5) is 5.82 Å². The lowest BCUT2D eigenvalue weighted by Crippen LogP contribution is -2.32. The summed E-state index contributed by atoms with van der Waals surface area (Å²) in [5.74, 6) is 0.652. The summed E-state index contributed by atoms with van der Waals surface area (Å²) in [6.45, 7) is 0.672. The number of pyridine rings is 1. The van der Waals surface area contributed by atoms with Gasteiger partial charge in [-0.15, -0.1) is 0 Å². The Kier molecular flexibility index (Phi) is 4.14. The van der Waals surface area contributed by atoms with E-state index in [9.17, 15) is 4.79 Å². The first-order chi connectivity index (χ1) is 8.74. The Morgan fingerprint density at radius 1 is 1.72 bits per heavy atom. The number of aromatic nitrogens is 1. The van der Waals surface area contributed by atoms with Gasteiger partial charge in [0.05, 0.1) is 12.6 Å². The van der Waals surface area contributed by atoms with E-state index in [-0.39, 0.29) is 12.6 Å². The second-order valence-corrected chi connectivity index (χ2v) is 4.60. The van der Waals surface area contributed by atoms with E-state index in [2.05, 4.69) is 30.9 Å². The SMILES string of the molecule is [N-]=[N+]=NCC1CN(c2ccc(Br)cn2)C(C=O)O1. The van der Waals surface area contributed by atoms with Gasteiger partial charge in [-0.3, -0.25) is 4.79 Å². The molecular formula is C10H10BrN5O2. The predicted octanol–water partition coefficient (Wildman–Crippen LogP) is 1.88. The summed E-state index contributed by atoms with van der Waals surface area (Å²) in [4.78, 5) is 19.6. The van der Waals surface area contributed by atoms with E-state index < -0.39 is 6.23 Å². The van der Waals surface area contributed by atoms with Crippen molar-refractivity contribution in [2.45, 2.75) is 12.3 Å². The molecule has 0 saturated carbocycles. The minimum atomic E-state index is -0.683. The van der Waals surface area contributed by atoms with Crippen molar-refractivity contribution in [3.63, 3.8) is 0 Å². The minimum Gasteiger partial charge on any atom is -0.346 e. The summed E-state index contributed by atoms with van der Waals surface area (Å²) in [5, 5.41) is 3.45. The maximum absolute atomic E-state index is 11.0. The second kappa shape index (κ2) is 5.81. The van der Waals surface area contributed by atoms with Crippen molar-refractivity contribution in [3.05, 3.63) is 33.2 Å². The van der Waals surface area contributed by atoms with E-state index >= 15 is 0 Å². The van der Waals surface area contributed by atoms with Crippen LogP contribution in [0.25, 0.3) is 10.4 Å². The first kappa shape index (κ1) is 12.8. The van der Waals surface area contributed by atoms with Crippen LogP contribution < -0.4 is 4.90 Å². The van der Waals surface area contributed by atoms with Crippen LogP contribution in [0.5, 0.6) is 0 Å². The van der Waals surface area contributed by atoms with Gasteiger partial charge in [0.1, 0.15) is 5.82 Å². The molecule has 1 saturated heterocycles. The molecule has 2 unspecified atom stereocenters. The minimum absolute atomic E-state index is 0.202. The molecule has 18 heavy (non-hydrogen) atoms. The van der Waals surface area contributed by atoms with Gasteiger partial charge in [0, 0.05) is 22.1 Å². The molecule has 1 aliphatic rings. The summed E-state index contributed by atoms with van der Waals surface area (Å²) in [6, 6.07) is 3.63. The van der Waals surface area contributed by atoms with E-state index in [0.29, 0.717) is 18.6 Å². The molecule has 0 N–H and O–H groups in total. The zero-order valence-electron chi connectivity index (χ0n) is 9.31. The average molecular weight is 312 g/mol. The molecule has 0 spiro atoms. The molecule has 0 bridgehead atoms. The third kappa shape index (κ3) is 2.79. The molecule has 94 valence electrons. The molecule has 1 aromatic rings. The zero-order valence-corrected chi connectivity index (χ0v) is 10.9. The van der Waals surface area contributed by atoms with Crippen LogP contribution >= 0.6 is 15.9 Å². The summed E-state index contributed by atoms with van der Waals surface area (Å²) in [7, 11) is 0. The van der Waals surface area contributed by atoms with Crippen molar-refractivity contribution < 1.29 is 9.53 Å². The van der Waals surface area contributed by atoms with Gasteiger partial charge in [-0.2, -0.15) is 0 Å². The van der Waals surface area contributed by atoms with Crippen LogP contribution in [-0.2, 0) is 9.53 Å². The number of hydrogen-bond acceptors (Lipinski definition) is 5. The molecule has 2 rings (SSSR count). The highest BCUT2D eigenvalue weighted by Gasteiger charge is 2.32. The summed E-state index contributed by atoms with van der Waals surface area (Å²) < 4.78 is 6.31. The molecule has 8 heteroatoms. The van der Waals surface area contributed by atoms with Crippen LogP contribution in [0.15, 0.2) is 27.9 Å². The van der Waals surface area contributed by atoms with Gasteiger partial charge in [-0.1, -0.05) is 5.11 Å². The van der Waals surface area contributed by atoms with E-state index in [0.717, 1.165) is 4.47 Å². The monoisotopic (exact) mass is 311 g/mol. The maximum Gasteiger partial charge on any atom is 0.188 e. The first-order valence-electron chi connectivity index (χ1n) is 5.24. The number of azide groups is 1. The maximum atomic E-state index is 11.0. The summed E-state index contributed by atoms with van der Waals surface area (Å²) in [6.07, 6.45) is 1.39. The average Bonchev–Trinajstić information content (AvgIpc) is 2.80. The highest BCUT2D eigenvalue weighted by atomic mass is 79.9. The Hall–Kier alpha value is -1.63. The highest BCUT2D eigenvalue weighted by molar-refractivity contribution is 9.10. The lowest BCUT2D eigenvalue weighted by Gasteiger charge is -2.19. The fourth-order valence-electron chi connectivity index (χ4n) is 1.73. The fourth-order valence-corrected chi connectivity index (χ4v) is 1.97. The van der Waals surface area contributed by atoms with Gasteiger partial charge in [0.2, 0.25) is 0 Å². The van der Waals surface area contributed by atoms with Crippen LogP contribution in [-0.4, -0.2) is 36.7 Å². The fraction of sp³-hybridized carbons (Fsp3) is 0.400. The van der Waals surface area contributed by atoms with Crippen molar-refractivity contribution in [2.24, 2.45) is 5.11 Å². The van der Waals surface area contributed by atoms with E-state index in [1.807, 2.05) is 6.07 Å². The predicted molar refractivity (Wildman–Crippen MR) is 68.0 cm³/mol. The molecule has 1 fully saturated rings. The lowest BCUT2D eigenvalue weighted by molar-refractivity contribution is -0.117. The van der Waals surface area contributed by atoms with Gasteiger partial charge in [0.15, 0.2) is 12.5 Å². The third-order valence-electron chi connectivity index (χ3n) is 2.51. The van der Waals surface area contributed by atoms with Crippen molar-refractivity contribution in [3.8, 4) is 0 Å². The Morgan fingerprint density at radius 2 is 2.56 bits per heavy atom. The third-order valence-corrected chi connectivity index (χ3v) is 2.98. The molecule has 2 atom stereocenters. The van der Waals surface area contributed by atoms with Crippen molar-refractivity contribution in [2.75, 3.05) is 18.0 Å². The number of hydrogen-bond donors (Lipinski definition) is 0. The van der Waals surface area contributed by atoms with Crippen LogP contribution in [0, 0.1) is 0 Å². The number of carbonyl (C=O) groups is 1. The Balaban J connectivity index is 2.13.